The number of amides is 4. The maximum atomic E-state index is 12.5. The van der Waals surface area contributed by atoms with Crippen LogP contribution in [0.4, 0.5) is 4.79 Å². The Labute approximate surface area is 188 Å². The molecule has 1 aliphatic heterocycles. The van der Waals surface area contributed by atoms with Crippen LogP contribution in [0, 0.1) is 0 Å². The molecule has 0 spiro atoms. The van der Waals surface area contributed by atoms with Crippen molar-refractivity contribution < 1.29 is 47.8 Å². The standard InChI is InChI=1S/C18H23N4O10P/c1-10(2)29-16(25)18(3,19)33(27,28)32-31-12-9-7-6-8-11(12)30-20-13-14(23)21(4)17(26)22(5)15(13)24/h6-10H,19H2,1-5H3,(H,27,28)/t18-/m1/s1. The fourth-order valence-corrected chi connectivity index (χ4v) is 2.81. The lowest BCUT2D eigenvalue weighted by Gasteiger charge is -2.27. The molecule has 1 unspecified atom stereocenters. The van der Waals surface area contributed by atoms with Crippen molar-refractivity contribution in [1.82, 2.24) is 9.80 Å². The highest BCUT2D eigenvalue weighted by atomic mass is 31.2. The molecule has 0 aliphatic carbocycles. The molecule has 1 aromatic rings. The summed E-state index contributed by atoms with van der Waals surface area (Å²) in [4.78, 5) is 69.6. The number of barbiturate groups is 1. The van der Waals surface area contributed by atoms with E-state index in [-0.39, 0.29) is 11.5 Å². The van der Waals surface area contributed by atoms with Crippen LogP contribution in [0.5, 0.6) is 11.5 Å². The van der Waals surface area contributed by atoms with E-state index in [9.17, 15) is 28.6 Å². The molecule has 0 radical (unpaired) electrons. The van der Waals surface area contributed by atoms with Gasteiger partial charge in [0, 0.05) is 14.1 Å². The number of imide groups is 2. The number of ether oxygens (including phenoxy) is 1. The van der Waals surface area contributed by atoms with E-state index in [1.165, 1.54) is 38.1 Å². The summed E-state index contributed by atoms with van der Waals surface area (Å²) in [5.41, 5.74) is 4.96. The molecule has 2 atom stereocenters. The molecule has 1 aliphatic rings. The lowest BCUT2D eigenvalue weighted by atomic mass is 10.2. The van der Waals surface area contributed by atoms with Gasteiger partial charge in [0.05, 0.1) is 6.10 Å². The molecule has 1 heterocycles. The molecule has 0 aromatic heterocycles. The number of nitrogens with zero attached hydrogens (tertiary/aromatic N) is 3. The first-order valence-corrected chi connectivity index (χ1v) is 10.9. The van der Waals surface area contributed by atoms with Gasteiger partial charge < -0.3 is 25.1 Å². The first-order valence-electron chi connectivity index (χ1n) is 9.34. The van der Waals surface area contributed by atoms with Crippen molar-refractivity contribution in [3.8, 4) is 11.5 Å². The molecule has 4 amide bonds. The van der Waals surface area contributed by atoms with Crippen molar-refractivity contribution in [2.75, 3.05) is 14.1 Å². The average molecular weight is 486 g/mol. The molecule has 180 valence electrons. The van der Waals surface area contributed by atoms with Crippen LogP contribution < -0.4 is 15.5 Å². The zero-order valence-electron chi connectivity index (χ0n) is 18.4. The quantitative estimate of drug-likeness (QED) is 0.227. The predicted molar refractivity (Wildman–Crippen MR) is 111 cm³/mol. The van der Waals surface area contributed by atoms with Gasteiger partial charge in [0.25, 0.3) is 11.8 Å². The molecule has 1 aromatic carbocycles. The second-order valence-electron chi connectivity index (χ2n) is 7.27. The number of esters is 1. The summed E-state index contributed by atoms with van der Waals surface area (Å²) in [5.74, 6) is -3.74. The molecular formula is C18H23N4O10P. The fraction of sp³-hybridized carbons (Fsp3) is 0.389. The number of oxime groups is 1. The number of para-hydroxylation sites is 2. The summed E-state index contributed by atoms with van der Waals surface area (Å²) < 4.78 is 21.9. The Morgan fingerprint density at radius 1 is 1.12 bits per heavy atom. The zero-order chi connectivity index (χ0) is 25.1. The van der Waals surface area contributed by atoms with Crippen LogP contribution in [0.3, 0.4) is 0 Å². The molecule has 33 heavy (non-hydrogen) atoms. The van der Waals surface area contributed by atoms with Gasteiger partial charge in [0.2, 0.25) is 22.5 Å². The Hall–Kier alpha value is -3.32. The number of carbonyl (C=O) groups excluding carboxylic acids is 4. The van der Waals surface area contributed by atoms with Crippen molar-refractivity contribution in [3.05, 3.63) is 24.3 Å². The highest BCUT2D eigenvalue weighted by molar-refractivity contribution is 7.55. The Balaban J connectivity index is 2.21. The first kappa shape index (κ1) is 25.9. The van der Waals surface area contributed by atoms with E-state index in [4.69, 9.17) is 20.2 Å². The third-order valence-corrected chi connectivity index (χ3v) is 5.88. The maximum Gasteiger partial charge on any atom is 0.396 e. The molecule has 1 fully saturated rings. The van der Waals surface area contributed by atoms with Crippen molar-refractivity contribution in [2.45, 2.75) is 32.2 Å². The van der Waals surface area contributed by atoms with Gasteiger partial charge in [-0.2, -0.15) is 0 Å². The van der Waals surface area contributed by atoms with Crippen LogP contribution in [0.1, 0.15) is 20.8 Å². The van der Waals surface area contributed by atoms with Gasteiger partial charge in [-0.3, -0.25) is 24.0 Å². The fourth-order valence-electron chi connectivity index (χ4n) is 2.19. The van der Waals surface area contributed by atoms with E-state index < -0.39 is 48.5 Å². The molecule has 15 heteroatoms. The number of rotatable bonds is 8. The van der Waals surface area contributed by atoms with Gasteiger partial charge in [-0.1, -0.05) is 22.0 Å². The van der Waals surface area contributed by atoms with Crippen LogP contribution in [-0.2, 0) is 28.4 Å². The zero-order valence-corrected chi connectivity index (χ0v) is 19.3. The highest BCUT2D eigenvalue weighted by Crippen LogP contribution is 2.53. The lowest BCUT2D eigenvalue weighted by molar-refractivity contribution is -0.154. The second-order valence-corrected chi connectivity index (χ2v) is 9.39. The van der Waals surface area contributed by atoms with Crippen LogP contribution >= 0.6 is 7.60 Å². The SMILES string of the molecule is CC(C)OC(=O)[C@](C)(N)P(=O)(O)OOc1ccccc1ON=C1C(=O)N(C)C(=O)N(C)C1=O. The molecule has 0 saturated carbocycles. The number of carbonyl (C=O) groups is 4. The monoisotopic (exact) mass is 486 g/mol. The topological polar surface area (TPSA) is 187 Å². The third-order valence-electron chi connectivity index (χ3n) is 4.24. The van der Waals surface area contributed by atoms with E-state index in [1.807, 2.05) is 0 Å². The first-order chi connectivity index (χ1) is 15.2. The van der Waals surface area contributed by atoms with Crippen LogP contribution in [-0.4, -0.2) is 69.7 Å². The normalized spacial score (nSPS) is 18.1. The second kappa shape index (κ2) is 9.67. The summed E-state index contributed by atoms with van der Waals surface area (Å²) in [5, 5.41) is 1.02. The van der Waals surface area contributed by atoms with Gasteiger partial charge in [-0.05, 0) is 32.9 Å². The number of nitrogens with two attached hydrogens (primary N) is 1. The largest absolute Gasteiger partial charge is 0.461 e. The number of hydrogen-bond acceptors (Lipinski definition) is 11. The summed E-state index contributed by atoms with van der Waals surface area (Å²) in [7, 11) is -2.64. The number of hydrogen-bond donors (Lipinski definition) is 2. The summed E-state index contributed by atoms with van der Waals surface area (Å²) in [6.45, 7) is 3.98. The molecule has 14 nitrogen and oxygen atoms in total. The van der Waals surface area contributed by atoms with Crippen molar-refractivity contribution >= 4 is 37.1 Å². The lowest BCUT2D eigenvalue weighted by Crippen LogP contribution is -2.57. The van der Waals surface area contributed by atoms with E-state index in [0.717, 1.165) is 21.0 Å². The summed E-state index contributed by atoms with van der Waals surface area (Å²) in [6, 6.07) is 4.56. The van der Waals surface area contributed by atoms with Crippen LogP contribution in [0.25, 0.3) is 0 Å². The van der Waals surface area contributed by atoms with Crippen molar-refractivity contribution in [1.29, 1.82) is 0 Å². The van der Waals surface area contributed by atoms with Crippen molar-refractivity contribution in [2.24, 2.45) is 10.9 Å². The molecular weight excluding hydrogens is 463 g/mol. The summed E-state index contributed by atoms with van der Waals surface area (Å²) in [6.07, 6.45) is -0.604. The Kier molecular flexibility index (Phi) is 7.60. The maximum absolute atomic E-state index is 12.5. The number of benzene rings is 1. The van der Waals surface area contributed by atoms with E-state index in [0.29, 0.717) is 9.80 Å². The predicted octanol–water partition coefficient (Wildman–Crippen LogP) is 0.594. The molecule has 1 saturated heterocycles. The van der Waals surface area contributed by atoms with Gasteiger partial charge in [-0.25, -0.2) is 9.59 Å². The van der Waals surface area contributed by atoms with Gasteiger partial charge >= 0.3 is 19.6 Å². The Bertz CT molecular complexity index is 1030. The van der Waals surface area contributed by atoms with Crippen LogP contribution in [0.2, 0.25) is 0 Å². The van der Waals surface area contributed by atoms with Crippen molar-refractivity contribution in [3.63, 3.8) is 0 Å². The highest BCUT2D eigenvalue weighted by Gasteiger charge is 2.52. The van der Waals surface area contributed by atoms with Gasteiger partial charge in [0.15, 0.2) is 0 Å². The van der Waals surface area contributed by atoms with E-state index in [1.54, 1.807) is 0 Å². The minimum Gasteiger partial charge on any atom is -0.461 e. The average Bonchev–Trinajstić information content (AvgIpc) is 2.75. The summed E-state index contributed by atoms with van der Waals surface area (Å²) >= 11 is 0. The van der Waals surface area contributed by atoms with E-state index >= 15 is 0 Å². The molecule has 3 N–H and O–H groups in total. The number of urea groups is 1. The van der Waals surface area contributed by atoms with Gasteiger partial charge in [0.1, 0.15) is 0 Å². The molecule has 0 bridgehead atoms. The van der Waals surface area contributed by atoms with Crippen LogP contribution in [0.15, 0.2) is 29.4 Å². The van der Waals surface area contributed by atoms with E-state index in [2.05, 4.69) is 9.83 Å². The minimum atomic E-state index is -4.95. The Morgan fingerprint density at radius 3 is 2.15 bits per heavy atom. The Morgan fingerprint density at radius 2 is 1.64 bits per heavy atom. The third kappa shape index (κ3) is 5.37. The minimum absolute atomic E-state index is 0.240. The molecule has 2 rings (SSSR count). The van der Waals surface area contributed by atoms with Gasteiger partial charge in [-0.15, -0.1) is 0 Å². The smallest absolute Gasteiger partial charge is 0.396 e.